The summed E-state index contributed by atoms with van der Waals surface area (Å²) in [6.45, 7) is 2.49. The van der Waals surface area contributed by atoms with Crippen molar-refractivity contribution >= 4 is 0 Å². The summed E-state index contributed by atoms with van der Waals surface area (Å²) in [6.07, 6.45) is 6.83. The Kier molecular flexibility index (Phi) is 3.54. The molecule has 1 atom stereocenters. The third-order valence-corrected chi connectivity index (χ3v) is 2.67. The molecular formula is C13H15FN2O. The molecule has 0 aliphatic heterocycles. The van der Waals surface area contributed by atoms with Gasteiger partial charge in [-0.25, -0.2) is 4.39 Å². The van der Waals surface area contributed by atoms with Crippen LogP contribution in [-0.4, -0.2) is 14.7 Å². The SMILES string of the molecule is CCC(O)c1ccn(Cc2cncc(F)c2)c1. The van der Waals surface area contributed by atoms with E-state index >= 15 is 0 Å². The summed E-state index contributed by atoms with van der Waals surface area (Å²) in [4.78, 5) is 3.80. The number of hydrogen-bond donors (Lipinski definition) is 1. The molecule has 1 unspecified atom stereocenters. The maximum Gasteiger partial charge on any atom is 0.141 e. The number of halogens is 1. The minimum Gasteiger partial charge on any atom is -0.388 e. The molecule has 17 heavy (non-hydrogen) atoms. The van der Waals surface area contributed by atoms with Crippen LogP contribution in [0.3, 0.4) is 0 Å². The van der Waals surface area contributed by atoms with Gasteiger partial charge in [0.2, 0.25) is 0 Å². The molecule has 0 saturated heterocycles. The molecule has 90 valence electrons. The summed E-state index contributed by atoms with van der Waals surface area (Å²) >= 11 is 0. The van der Waals surface area contributed by atoms with E-state index in [2.05, 4.69) is 4.98 Å². The van der Waals surface area contributed by atoms with Crippen molar-refractivity contribution in [3.63, 3.8) is 0 Å². The van der Waals surface area contributed by atoms with Crippen LogP contribution in [-0.2, 0) is 6.54 Å². The van der Waals surface area contributed by atoms with Gasteiger partial charge in [-0.15, -0.1) is 0 Å². The molecule has 2 heterocycles. The largest absolute Gasteiger partial charge is 0.388 e. The van der Waals surface area contributed by atoms with E-state index in [0.717, 1.165) is 11.1 Å². The highest BCUT2D eigenvalue weighted by Crippen LogP contribution is 2.16. The number of pyridine rings is 1. The number of rotatable bonds is 4. The first-order valence-electron chi connectivity index (χ1n) is 5.62. The van der Waals surface area contributed by atoms with Gasteiger partial charge >= 0.3 is 0 Å². The van der Waals surface area contributed by atoms with E-state index in [9.17, 15) is 9.50 Å². The Bertz CT molecular complexity index is 496. The molecule has 0 amide bonds. The van der Waals surface area contributed by atoms with Crippen molar-refractivity contribution in [3.05, 3.63) is 53.9 Å². The van der Waals surface area contributed by atoms with Crippen molar-refractivity contribution in [2.24, 2.45) is 0 Å². The van der Waals surface area contributed by atoms with Crippen LogP contribution in [0, 0.1) is 5.82 Å². The van der Waals surface area contributed by atoms with Gasteiger partial charge in [-0.2, -0.15) is 0 Å². The summed E-state index contributed by atoms with van der Waals surface area (Å²) in [6, 6.07) is 3.34. The van der Waals surface area contributed by atoms with Crippen molar-refractivity contribution in [3.8, 4) is 0 Å². The predicted octanol–water partition coefficient (Wildman–Crippen LogP) is 2.51. The lowest BCUT2D eigenvalue weighted by atomic mass is 10.1. The third-order valence-electron chi connectivity index (χ3n) is 2.67. The highest BCUT2D eigenvalue weighted by Gasteiger charge is 2.06. The van der Waals surface area contributed by atoms with Gasteiger partial charge in [0.15, 0.2) is 0 Å². The Labute approximate surface area is 99.5 Å². The molecule has 2 aromatic heterocycles. The topological polar surface area (TPSA) is 38.0 Å². The summed E-state index contributed by atoms with van der Waals surface area (Å²) in [5.41, 5.74) is 1.69. The average molecular weight is 234 g/mol. The maximum absolute atomic E-state index is 12.9. The Balaban J connectivity index is 2.11. The Morgan fingerprint density at radius 2 is 2.29 bits per heavy atom. The van der Waals surface area contributed by atoms with Crippen LogP contribution in [0.4, 0.5) is 4.39 Å². The molecule has 2 aromatic rings. The maximum atomic E-state index is 12.9. The van der Waals surface area contributed by atoms with E-state index in [1.807, 2.05) is 30.0 Å². The van der Waals surface area contributed by atoms with Gasteiger partial charge in [0, 0.05) is 25.1 Å². The zero-order valence-corrected chi connectivity index (χ0v) is 9.68. The normalized spacial score (nSPS) is 12.6. The van der Waals surface area contributed by atoms with Crippen molar-refractivity contribution in [1.82, 2.24) is 9.55 Å². The fraction of sp³-hybridized carbons (Fsp3) is 0.308. The van der Waals surface area contributed by atoms with Crippen molar-refractivity contribution < 1.29 is 9.50 Å². The molecule has 0 aliphatic rings. The highest BCUT2D eigenvalue weighted by atomic mass is 19.1. The summed E-state index contributed by atoms with van der Waals surface area (Å²) < 4.78 is 14.9. The van der Waals surface area contributed by atoms with Gasteiger partial charge in [0.05, 0.1) is 12.3 Å². The Hall–Kier alpha value is -1.68. The van der Waals surface area contributed by atoms with Gasteiger partial charge in [0.1, 0.15) is 5.82 Å². The van der Waals surface area contributed by atoms with Crippen LogP contribution < -0.4 is 0 Å². The molecule has 0 radical (unpaired) electrons. The van der Waals surface area contributed by atoms with E-state index < -0.39 is 6.10 Å². The minimum atomic E-state index is -0.429. The third kappa shape index (κ3) is 2.91. The first-order chi connectivity index (χ1) is 8.19. The van der Waals surface area contributed by atoms with Crippen LogP contribution in [0.2, 0.25) is 0 Å². The van der Waals surface area contributed by atoms with Crippen molar-refractivity contribution in [2.45, 2.75) is 26.0 Å². The second-order valence-corrected chi connectivity index (χ2v) is 4.05. The molecule has 2 rings (SSSR count). The fourth-order valence-corrected chi connectivity index (χ4v) is 1.74. The van der Waals surface area contributed by atoms with E-state index in [1.54, 1.807) is 6.20 Å². The second kappa shape index (κ2) is 5.10. The molecule has 0 saturated carbocycles. The summed E-state index contributed by atoms with van der Waals surface area (Å²) in [5, 5.41) is 9.67. The van der Waals surface area contributed by atoms with Crippen LogP contribution in [0.25, 0.3) is 0 Å². The molecular weight excluding hydrogens is 219 g/mol. The smallest absolute Gasteiger partial charge is 0.141 e. The number of hydrogen-bond acceptors (Lipinski definition) is 2. The van der Waals surface area contributed by atoms with Gasteiger partial charge in [0.25, 0.3) is 0 Å². The Morgan fingerprint density at radius 3 is 3.00 bits per heavy atom. The standard InChI is InChI=1S/C13H15FN2O/c1-2-13(17)11-3-4-16(9-11)8-10-5-12(14)7-15-6-10/h3-7,9,13,17H,2,8H2,1H3. The molecule has 0 spiro atoms. The van der Waals surface area contributed by atoms with Gasteiger partial charge in [-0.3, -0.25) is 4.98 Å². The van der Waals surface area contributed by atoms with Crippen molar-refractivity contribution in [2.75, 3.05) is 0 Å². The molecule has 0 fully saturated rings. The van der Waals surface area contributed by atoms with E-state index in [-0.39, 0.29) is 5.82 Å². The molecule has 0 bridgehead atoms. The highest BCUT2D eigenvalue weighted by molar-refractivity contribution is 5.16. The van der Waals surface area contributed by atoms with Crippen LogP contribution >= 0.6 is 0 Å². The van der Waals surface area contributed by atoms with Crippen LogP contribution in [0.1, 0.15) is 30.6 Å². The van der Waals surface area contributed by atoms with Gasteiger partial charge in [-0.05, 0) is 29.7 Å². The monoisotopic (exact) mass is 234 g/mol. The first-order valence-corrected chi connectivity index (χ1v) is 5.62. The van der Waals surface area contributed by atoms with E-state index in [0.29, 0.717) is 13.0 Å². The molecule has 3 nitrogen and oxygen atoms in total. The fourth-order valence-electron chi connectivity index (χ4n) is 1.74. The number of aromatic nitrogens is 2. The number of aliphatic hydroxyl groups excluding tert-OH is 1. The molecule has 0 aromatic carbocycles. The second-order valence-electron chi connectivity index (χ2n) is 4.05. The molecule has 4 heteroatoms. The lowest BCUT2D eigenvalue weighted by Gasteiger charge is -2.05. The number of aliphatic hydroxyl groups is 1. The first kappa shape index (κ1) is 11.8. The molecule has 0 aliphatic carbocycles. The van der Waals surface area contributed by atoms with E-state index in [1.165, 1.54) is 12.3 Å². The summed E-state index contributed by atoms with van der Waals surface area (Å²) in [5.74, 6) is -0.330. The predicted molar refractivity (Wildman–Crippen MR) is 63.0 cm³/mol. The summed E-state index contributed by atoms with van der Waals surface area (Å²) in [7, 11) is 0. The lowest BCUT2D eigenvalue weighted by Crippen LogP contribution is -1.98. The van der Waals surface area contributed by atoms with Crippen LogP contribution in [0.15, 0.2) is 36.9 Å². The zero-order chi connectivity index (χ0) is 12.3. The van der Waals surface area contributed by atoms with Gasteiger partial charge < -0.3 is 9.67 Å². The average Bonchev–Trinajstić information content (AvgIpc) is 2.76. The minimum absolute atomic E-state index is 0.330. The molecule has 1 N–H and O–H groups in total. The number of nitrogens with zero attached hydrogens (tertiary/aromatic N) is 2. The van der Waals surface area contributed by atoms with Crippen LogP contribution in [0.5, 0.6) is 0 Å². The van der Waals surface area contributed by atoms with E-state index in [4.69, 9.17) is 0 Å². The van der Waals surface area contributed by atoms with Gasteiger partial charge in [-0.1, -0.05) is 6.92 Å². The Morgan fingerprint density at radius 1 is 1.47 bits per heavy atom. The zero-order valence-electron chi connectivity index (χ0n) is 9.68. The quantitative estimate of drug-likeness (QED) is 0.882. The lowest BCUT2D eigenvalue weighted by molar-refractivity contribution is 0.173. The van der Waals surface area contributed by atoms with Crippen molar-refractivity contribution in [1.29, 1.82) is 0 Å².